The molecule has 0 aliphatic carbocycles. The van der Waals surface area contributed by atoms with E-state index in [9.17, 15) is 4.79 Å². The molecule has 0 saturated carbocycles. The summed E-state index contributed by atoms with van der Waals surface area (Å²) in [7, 11) is 0. The Hall–Kier alpha value is -2.08. The molecule has 0 aromatic carbocycles. The summed E-state index contributed by atoms with van der Waals surface area (Å²) in [4.78, 5) is 15.1. The minimum atomic E-state index is -0.0525. The molecule has 2 aromatic rings. The molecule has 0 unspecified atom stereocenters. The lowest BCUT2D eigenvalue weighted by Crippen LogP contribution is -2.51. The second kappa shape index (κ2) is 6.33. The molecule has 0 radical (unpaired) electrons. The second-order valence-corrected chi connectivity index (χ2v) is 7.23. The molecule has 1 amide bonds. The molecule has 2 aromatic heterocycles. The summed E-state index contributed by atoms with van der Waals surface area (Å²) in [6.07, 6.45) is 5.28. The number of ether oxygens (including phenoxy) is 1. The van der Waals surface area contributed by atoms with E-state index in [1.165, 1.54) is 5.56 Å². The first-order valence-electron chi connectivity index (χ1n) is 9.12. The Morgan fingerprint density at radius 1 is 1.36 bits per heavy atom. The number of likely N-dealkylation sites (tertiary alicyclic amines) is 1. The number of amides is 1. The van der Waals surface area contributed by atoms with Gasteiger partial charge >= 0.3 is 0 Å². The zero-order valence-electron chi connectivity index (χ0n) is 15.1. The number of aromatic nitrogens is 2. The fourth-order valence-electron chi connectivity index (χ4n) is 4.02. The first-order chi connectivity index (χ1) is 12.1. The lowest BCUT2D eigenvalue weighted by Gasteiger charge is -2.39. The van der Waals surface area contributed by atoms with Crippen molar-refractivity contribution < 1.29 is 13.9 Å². The highest BCUT2D eigenvalue weighted by Gasteiger charge is 2.37. The molecular weight excluding hydrogens is 318 g/mol. The normalized spacial score (nSPS) is 23.4. The highest BCUT2D eigenvalue weighted by molar-refractivity contribution is 5.95. The third-order valence-corrected chi connectivity index (χ3v) is 5.25. The Bertz CT molecular complexity index is 759. The number of fused-ring (bicyclic) bond motifs is 1. The third-order valence-electron chi connectivity index (χ3n) is 5.25. The van der Waals surface area contributed by atoms with Crippen LogP contribution in [0.1, 0.15) is 54.2 Å². The molecule has 0 N–H and O–H groups in total. The standard InChI is InChI=1S/C19H25N3O3/c1-4-22-18(16-7-12(2)25-13(3)17(16)20-22)19(23)21-9-15(10-21)8-14-5-6-24-11-14/h5-6,11-13,15H,4,7-10H2,1-3H3/t12-,13+/m0/s1. The van der Waals surface area contributed by atoms with Gasteiger partial charge < -0.3 is 14.1 Å². The second-order valence-electron chi connectivity index (χ2n) is 7.23. The fourth-order valence-corrected chi connectivity index (χ4v) is 4.02. The van der Waals surface area contributed by atoms with Crippen LogP contribution in [0.5, 0.6) is 0 Å². The van der Waals surface area contributed by atoms with Crippen molar-refractivity contribution in [2.75, 3.05) is 13.1 Å². The monoisotopic (exact) mass is 343 g/mol. The first-order valence-corrected chi connectivity index (χ1v) is 9.12. The first kappa shape index (κ1) is 16.4. The van der Waals surface area contributed by atoms with Crippen LogP contribution in [0.2, 0.25) is 0 Å². The van der Waals surface area contributed by atoms with Gasteiger partial charge in [0.05, 0.1) is 30.4 Å². The van der Waals surface area contributed by atoms with E-state index in [4.69, 9.17) is 9.15 Å². The smallest absolute Gasteiger partial charge is 0.272 e. The molecule has 25 heavy (non-hydrogen) atoms. The molecule has 4 heterocycles. The van der Waals surface area contributed by atoms with Crippen LogP contribution in [-0.2, 0) is 24.1 Å². The summed E-state index contributed by atoms with van der Waals surface area (Å²) < 4.78 is 12.9. The van der Waals surface area contributed by atoms with Crippen LogP contribution < -0.4 is 0 Å². The quantitative estimate of drug-likeness (QED) is 0.856. The molecule has 4 rings (SSSR count). The van der Waals surface area contributed by atoms with Gasteiger partial charge in [-0.2, -0.15) is 5.10 Å². The summed E-state index contributed by atoms with van der Waals surface area (Å²) in [6.45, 7) is 8.40. The minimum absolute atomic E-state index is 0.0525. The molecule has 6 nitrogen and oxygen atoms in total. The molecule has 6 heteroatoms. The van der Waals surface area contributed by atoms with Crippen LogP contribution in [0.15, 0.2) is 23.0 Å². The van der Waals surface area contributed by atoms with Gasteiger partial charge in [-0.15, -0.1) is 0 Å². The van der Waals surface area contributed by atoms with Gasteiger partial charge in [0, 0.05) is 31.6 Å². The van der Waals surface area contributed by atoms with E-state index in [1.807, 2.05) is 29.5 Å². The summed E-state index contributed by atoms with van der Waals surface area (Å²) in [5, 5.41) is 4.66. The van der Waals surface area contributed by atoms with Crippen LogP contribution in [0.4, 0.5) is 0 Å². The van der Waals surface area contributed by atoms with E-state index in [2.05, 4.69) is 12.0 Å². The number of hydrogen-bond acceptors (Lipinski definition) is 4. The van der Waals surface area contributed by atoms with Crippen LogP contribution in [0, 0.1) is 5.92 Å². The van der Waals surface area contributed by atoms with Crippen LogP contribution in [0.3, 0.4) is 0 Å². The predicted molar refractivity (Wildman–Crippen MR) is 92.4 cm³/mol. The molecule has 0 spiro atoms. The lowest BCUT2D eigenvalue weighted by atomic mass is 9.92. The maximum Gasteiger partial charge on any atom is 0.272 e. The zero-order valence-corrected chi connectivity index (χ0v) is 15.1. The predicted octanol–water partition coefficient (Wildman–Crippen LogP) is 2.83. The lowest BCUT2D eigenvalue weighted by molar-refractivity contribution is -0.00722. The van der Waals surface area contributed by atoms with E-state index in [0.717, 1.165) is 42.9 Å². The van der Waals surface area contributed by atoms with Crippen molar-refractivity contribution in [3.63, 3.8) is 0 Å². The van der Waals surface area contributed by atoms with Crippen LogP contribution in [-0.4, -0.2) is 39.8 Å². The minimum Gasteiger partial charge on any atom is -0.472 e. The van der Waals surface area contributed by atoms with E-state index < -0.39 is 0 Å². The highest BCUT2D eigenvalue weighted by Crippen LogP contribution is 2.33. The van der Waals surface area contributed by atoms with Gasteiger partial charge in [-0.25, -0.2) is 0 Å². The van der Waals surface area contributed by atoms with Gasteiger partial charge in [-0.3, -0.25) is 9.48 Å². The van der Waals surface area contributed by atoms with Gasteiger partial charge in [0.15, 0.2) is 0 Å². The molecule has 1 saturated heterocycles. The fraction of sp³-hybridized carbons (Fsp3) is 0.579. The maximum absolute atomic E-state index is 13.1. The van der Waals surface area contributed by atoms with E-state index in [0.29, 0.717) is 12.5 Å². The van der Waals surface area contributed by atoms with Gasteiger partial charge in [0.1, 0.15) is 5.69 Å². The van der Waals surface area contributed by atoms with Crippen molar-refractivity contribution in [3.8, 4) is 0 Å². The molecule has 1 fully saturated rings. The van der Waals surface area contributed by atoms with Crippen LogP contribution >= 0.6 is 0 Å². The van der Waals surface area contributed by atoms with Gasteiger partial charge in [-0.05, 0) is 44.7 Å². The van der Waals surface area contributed by atoms with Crippen molar-refractivity contribution in [1.82, 2.24) is 14.7 Å². The third kappa shape index (κ3) is 2.88. The Balaban J connectivity index is 1.51. The van der Waals surface area contributed by atoms with E-state index in [-0.39, 0.29) is 18.1 Å². The Labute approximate surface area is 147 Å². The Morgan fingerprint density at radius 3 is 2.84 bits per heavy atom. The summed E-state index contributed by atoms with van der Waals surface area (Å²) in [5.74, 6) is 0.622. The van der Waals surface area contributed by atoms with Crippen molar-refractivity contribution in [2.45, 2.75) is 52.4 Å². The van der Waals surface area contributed by atoms with Crippen molar-refractivity contribution in [3.05, 3.63) is 41.1 Å². The van der Waals surface area contributed by atoms with Crippen LogP contribution in [0.25, 0.3) is 0 Å². The topological polar surface area (TPSA) is 60.5 Å². The van der Waals surface area contributed by atoms with Gasteiger partial charge in [0.25, 0.3) is 5.91 Å². The maximum atomic E-state index is 13.1. The summed E-state index contributed by atoms with van der Waals surface area (Å²) in [6, 6.07) is 2.00. The molecule has 2 atom stereocenters. The number of furan rings is 1. The van der Waals surface area contributed by atoms with Crippen molar-refractivity contribution in [2.24, 2.45) is 5.92 Å². The number of carbonyl (C=O) groups is 1. The summed E-state index contributed by atoms with van der Waals surface area (Å²) >= 11 is 0. The van der Waals surface area contributed by atoms with Crippen molar-refractivity contribution >= 4 is 5.91 Å². The van der Waals surface area contributed by atoms with Gasteiger partial charge in [-0.1, -0.05) is 0 Å². The number of carbonyl (C=O) groups excluding carboxylic acids is 1. The van der Waals surface area contributed by atoms with E-state index >= 15 is 0 Å². The molecular formula is C19H25N3O3. The molecule has 2 aliphatic heterocycles. The van der Waals surface area contributed by atoms with Crippen molar-refractivity contribution in [1.29, 1.82) is 0 Å². The largest absolute Gasteiger partial charge is 0.472 e. The molecule has 0 bridgehead atoms. The average molecular weight is 343 g/mol. The Morgan fingerprint density at radius 2 is 2.16 bits per heavy atom. The highest BCUT2D eigenvalue weighted by atomic mass is 16.5. The molecule has 2 aliphatic rings. The van der Waals surface area contributed by atoms with Gasteiger partial charge in [0.2, 0.25) is 0 Å². The average Bonchev–Trinajstić information content (AvgIpc) is 3.16. The number of nitrogens with zero attached hydrogens (tertiary/aromatic N) is 3. The number of aryl methyl sites for hydroxylation is 1. The van der Waals surface area contributed by atoms with E-state index in [1.54, 1.807) is 12.5 Å². The molecule has 134 valence electrons. The Kier molecular flexibility index (Phi) is 4.15. The SMILES string of the molecule is CCn1nc2c(c1C(=O)N1CC(Cc3ccoc3)C1)C[C@H](C)O[C@@H]2C. The number of hydrogen-bond donors (Lipinski definition) is 0. The number of rotatable bonds is 4. The zero-order chi connectivity index (χ0) is 17.6. The summed E-state index contributed by atoms with van der Waals surface area (Å²) in [5.41, 5.74) is 3.98.